The molecule has 0 N–H and O–H groups in total. The molecule has 3 rings (SSSR count). The number of pyridine rings is 1. The zero-order chi connectivity index (χ0) is 16.9. The quantitative estimate of drug-likeness (QED) is 0.872. The Balaban J connectivity index is 1.60. The average Bonchev–Trinajstić information content (AvgIpc) is 2.68. The van der Waals surface area contributed by atoms with E-state index in [1.165, 1.54) is 5.56 Å². The van der Waals surface area contributed by atoms with Crippen LogP contribution in [0.1, 0.15) is 34.5 Å². The lowest BCUT2D eigenvalue weighted by Gasteiger charge is -2.38. The van der Waals surface area contributed by atoms with Crippen LogP contribution in [0.25, 0.3) is 0 Å². The molecular formula is C19H20N4O. The number of aromatic nitrogens is 1. The maximum atomic E-state index is 12.6. The molecule has 1 aliphatic rings. The minimum absolute atomic E-state index is 0.0353. The van der Waals surface area contributed by atoms with Gasteiger partial charge < -0.3 is 4.90 Å². The summed E-state index contributed by atoms with van der Waals surface area (Å²) in [5.74, 6) is 0.0353. The van der Waals surface area contributed by atoms with Crippen molar-refractivity contribution in [3.05, 3.63) is 65.5 Å². The predicted octanol–water partition coefficient (Wildman–Crippen LogP) is 2.47. The Morgan fingerprint density at radius 1 is 1.17 bits per heavy atom. The van der Waals surface area contributed by atoms with Crippen LogP contribution in [0.15, 0.2) is 48.8 Å². The highest BCUT2D eigenvalue weighted by molar-refractivity contribution is 5.94. The van der Waals surface area contributed by atoms with E-state index >= 15 is 0 Å². The second kappa shape index (κ2) is 7.24. The summed E-state index contributed by atoms with van der Waals surface area (Å²) in [4.78, 5) is 21.0. The molecule has 1 saturated heterocycles. The monoisotopic (exact) mass is 320 g/mol. The Morgan fingerprint density at radius 3 is 2.46 bits per heavy atom. The van der Waals surface area contributed by atoms with Crippen molar-refractivity contribution < 1.29 is 4.79 Å². The van der Waals surface area contributed by atoms with Gasteiger partial charge in [-0.2, -0.15) is 5.26 Å². The van der Waals surface area contributed by atoms with E-state index < -0.39 is 0 Å². The van der Waals surface area contributed by atoms with Gasteiger partial charge in [-0.1, -0.05) is 6.07 Å². The Kier molecular flexibility index (Phi) is 4.88. The molecule has 24 heavy (non-hydrogen) atoms. The number of hydrogen-bond acceptors (Lipinski definition) is 4. The van der Waals surface area contributed by atoms with Crippen molar-refractivity contribution in [1.82, 2.24) is 14.8 Å². The summed E-state index contributed by atoms with van der Waals surface area (Å²) in [6.07, 6.45) is 3.68. The normalized spacial score (nSPS) is 16.4. The van der Waals surface area contributed by atoms with Crippen molar-refractivity contribution in [3.63, 3.8) is 0 Å². The summed E-state index contributed by atoms with van der Waals surface area (Å²) in [5.41, 5.74) is 2.41. The Hall–Kier alpha value is -2.71. The van der Waals surface area contributed by atoms with Crippen LogP contribution in [0.4, 0.5) is 0 Å². The first-order chi connectivity index (χ1) is 11.7. The smallest absolute Gasteiger partial charge is 0.253 e. The fourth-order valence-electron chi connectivity index (χ4n) is 3.02. The van der Waals surface area contributed by atoms with Crippen LogP contribution in [0, 0.1) is 11.3 Å². The van der Waals surface area contributed by atoms with Gasteiger partial charge in [0.15, 0.2) is 0 Å². The molecule has 1 aliphatic heterocycles. The minimum Gasteiger partial charge on any atom is -0.336 e. The number of carbonyl (C=O) groups excluding carboxylic acids is 1. The van der Waals surface area contributed by atoms with Gasteiger partial charge >= 0.3 is 0 Å². The number of piperazine rings is 1. The van der Waals surface area contributed by atoms with Gasteiger partial charge in [0.05, 0.1) is 11.6 Å². The number of hydrogen-bond donors (Lipinski definition) is 0. The molecule has 122 valence electrons. The molecule has 0 spiro atoms. The third-order valence-electron chi connectivity index (χ3n) is 4.58. The lowest BCUT2D eigenvalue weighted by molar-refractivity contribution is 0.0582. The van der Waals surface area contributed by atoms with Crippen LogP contribution < -0.4 is 0 Å². The highest BCUT2D eigenvalue weighted by Gasteiger charge is 2.25. The first kappa shape index (κ1) is 16.2. The number of amides is 1. The van der Waals surface area contributed by atoms with Gasteiger partial charge in [0, 0.05) is 50.2 Å². The van der Waals surface area contributed by atoms with E-state index in [0.29, 0.717) is 30.3 Å². The molecule has 1 atom stereocenters. The van der Waals surface area contributed by atoms with E-state index in [0.717, 1.165) is 13.1 Å². The number of nitriles is 1. The summed E-state index contributed by atoms with van der Waals surface area (Å²) < 4.78 is 0. The number of benzene rings is 1. The zero-order valence-electron chi connectivity index (χ0n) is 13.7. The molecule has 1 amide bonds. The molecule has 1 fully saturated rings. The minimum atomic E-state index is 0.0353. The van der Waals surface area contributed by atoms with Crippen LogP contribution in [0.2, 0.25) is 0 Å². The van der Waals surface area contributed by atoms with Crippen LogP contribution in [-0.2, 0) is 0 Å². The van der Waals surface area contributed by atoms with Crippen molar-refractivity contribution in [2.75, 3.05) is 26.2 Å². The van der Waals surface area contributed by atoms with Gasteiger partial charge in [0.1, 0.15) is 0 Å². The lowest BCUT2D eigenvalue weighted by Crippen LogP contribution is -2.49. The van der Waals surface area contributed by atoms with Crippen LogP contribution in [0.3, 0.4) is 0 Å². The SMILES string of the molecule is CC(c1cccnc1)N1CCN(C(=O)c2ccc(C#N)cc2)CC1. The van der Waals surface area contributed by atoms with E-state index in [1.54, 1.807) is 30.5 Å². The fraction of sp³-hybridized carbons (Fsp3) is 0.316. The highest BCUT2D eigenvalue weighted by Crippen LogP contribution is 2.21. The topological polar surface area (TPSA) is 60.2 Å². The van der Waals surface area contributed by atoms with Gasteiger partial charge in [-0.05, 0) is 42.8 Å². The standard InChI is InChI=1S/C19H20N4O/c1-15(18-3-2-8-21-14-18)22-9-11-23(12-10-22)19(24)17-6-4-16(13-20)5-7-17/h2-8,14-15H,9-12H2,1H3. The summed E-state index contributed by atoms with van der Waals surface area (Å²) in [6.45, 7) is 5.29. The first-order valence-electron chi connectivity index (χ1n) is 8.12. The third-order valence-corrected chi connectivity index (χ3v) is 4.58. The van der Waals surface area contributed by atoms with Gasteiger partial charge in [0.25, 0.3) is 5.91 Å². The molecule has 0 saturated carbocycles. The molecule has 1 aromatic heterocycles. The molecule has 5 heteroatoms. The molecule has 1 aromatic carbocycles. The average molecular weight is 320 g/mol. The summed E-state index contributed by atoms with van der Waals surface area (Å²) >= 11 is 0. The van der Waals surface area contributed by atoms with Crippen LogP contribution >= 0.6 is 0 Å². The molecule has 2 aromatic rings. The molecular weight excluding hydrogens is 300 g/mol. The maximum Gasteiger partial charge on any atom is 0.253 e. The van der Waals surface area contributed by atoms with Crippen LogP contribution in [-0.4, -0.2) is 46.9 Å². The number of rotatable bonds is 3. The molecule has 1 unspecified atom stereocenters. The van der Waals surface area contributed by atoms with Gasteiger partial charge in [-0.15, -0.1) is 0 Å². The number of carbonyl (C=O) groups is 1. The van der Waals surface area contributed by atoms with Crippen LogP contribution in [0.5, 0.6) is 0 Å². The Labute approximate surface area is 142 Å². The zero-order valence-corrected chi connectivity index (χ0v) is 13.7. The summed E-state index contributed by atoms with van der Waals surface area (Å²) in [7, 11) is 0. The molecule has 0 radical (unpaired) electrons. The third kappa shape index (κ3) is 3.44. The van der Waals surface area contributed by atoms with E-state index in [1.807, 2.05) is 17.2 Å². The lowest BCUT2D eigenvalue weighted by atomic mass is 10.1. The summed E-state index contributed by atoms with van der Waals surface area (Å²) in [5, 5.41) is 8.84. The first-order valence-corrected chi connectivity index (χ1v) is 8.12. The second-order valence-corrected chi connectivity index (χ2v) is 5.98. The van der Waals surface area contributed by atoms with Gasteiger partial charge in [-0.25, -0.2) is 0 Å². The molecule has 0 bridgehead atoms. The van der Waals surface area contributed by atoms with Crippen molar-refractivity contribution in [2.45, 2.75) is 13.0 Å². The molecule has 5 nitrogen and oxygen atoms in total. The molecule has 2 heterocycles. The van der Waals surface area contributed by atoms with Crippen molar-refractivity contribution in [3.8, 4) is 6.07 Å². The Bertz CT molecular complexity index is 728. The molecule has 0 aliphatic carbocycles. The number of nitrogens with zero attached hydrogens (tertiary/aromatic N) is 4. The van der Waals surface area contributed by atoms with Crippen molar-refractivity contribution in [2.24, 2.45) is 0 Å². The fourth-order valence-corrected chi connectivity index (χ4v) is 3.02. The van der Waals surface area contributed by atoms with Gasteiger partial charge in [0.2, 0.25) is 0 Å². The van der Waals surface area contributed by atoms with E-state index in [9.17, 15) is 4.79 Å². The van der Waals surface area contributed by atoms with Gasteiger partial charge in [-0.3, -0.25) is 14.7 Å². The largest absolute Gasteiger partial charge is 0.336 e. The van der Waals surface area contributed by atoms with E-state index in [2.05, 4.69) is 28.9 Å². The predicted molar refractivity (Wildman–Crippen MR) is 91.3 cm³/mol. The summed E-state index contributed by atoms with van der Waals surface area (Å²) in [6, 6.07) is 13.2. The highest BCUT2D eigenvalue weighted by atomic mass is 16.2. The van der Waals surface area contributed by atoms with Crippen molar-refractivity contribution in [1.29, 1.82) is 5.26 Å². The van der Waals surface area contributed by atoms with E-state index in [-0.39, 0.29) is 5.91 Å². The van der Waals surface area contributed by atoms with Crippen molar-refractivity contribution >= 4 is 5.91 Å². The Morgan fingerprint density at radius 2 is 1.88 bits per heavy atom. The maximum absolute atomic E-state index is 12.6. The van der Waals surface area contributed by atoms with E-state index in [4.69, 9.17) is 5.26 Å². The second-order valence-electron chi connectivity index (χ2n) is 5.98.